The standard InChI is InChI=1S/C11H10BrF3O2/c12-8-3-6(11(13,14)15)4-9(16)7(8)5-10(17)1-2-10/h3-4,16-17H,1-2,5H2. The van der Waals surface area contributed by atoms with Crippen LogP contribution in [0.15, 0.2) is 16.6 Å². The van der Waals surface area contributed by atoms with Gasteiger partial charge in [0.1, 0.15) is 5.75 Å². The minimum atomic E-state index is -4.49. The van der Waals surface area contributed by atoms with Crippen LogP contribution in [0.4, 0.5) is 13.2 Å². The van der Waals surface area contributed by atoms with Crippen molar-refractivity contribution in [3.05, 3.63) is 27.7 Å². The Bertz CT molecular complexity index is 430. The Morgan fingerprint density at radius 3 is 2.29 bits per heavy atom. The molecule has 1 aromatic carbocycles. The van der Waals surface area contributed by atoms with E-state index in [2.05, 4.69) is 15.9 Å². The zero-order valence-corrected chi connectivity index (χ0v) is 10.3. The zero-order chi connectivity index (χ0) is 12.8. The van der Waals surface area contributed by atoms with Crippen molar-refractivity contribution in [3.8, 4) is 5.75 Å². The SMILES string of the molecule is Oc1cc(C(F)(F)F)cc(Br)c1CC1(O)CC1. The monoisotopic (exact) mass is 310 g/mol. The fourth-order valence-electron chi connectivity index (χ4n) is 1.61. The van der Waals surface area contributed by atoms with Crippen LogP contribution in [0, 0.1) is 0 Å². The second-order valence-electron chi connectivity index (χ2n) is 4.35. The van der Waals surface area contributed by atoms with Gasteiger partial charge in [0.25, 0.3) is 0 Å². The van der Waals surface area contributed by atoms with E-state index in [0.29, 0.717) is 24.5 Å². The van der Waals surface area contributed by atoms with Crippen LogP contribution in [0.3, 0.4) is 0 Å². The van der Waals surface area contributed by atoms with Gasteiger partial charge < -0.3 is 10.2 Å². The lowest BCUT2D eigenvalue weighted by atomic mass is 10.0. The molecular weight excluding hydrogens is 301 g/mol. The number of halogens is 4. The van der Waals surface area contributed by atoms with Gasteiger partial charge in [-0.05, 0) is 25.0 Å². The molecule has 1 fully saturated rings. The van der Waals surface area contributed by atoms with Crippen molar-refractivity contribution in [1.29, 1.82) is 0 Å². The van der Waals surface area contributed by atoms with E-state index >= 15 is 0 Å². The topological polar surface area (TPSA) is 40.5 Å². The van der Waals surface area contributed by atoms with Crippen molar-refractivity contribution in [2.45, 2.75) is 31.0 Å². The maximum absolute atomic E-state index is 12.4. The van der Waals surface area contributed by atoms with Gasteiger partial charge in [0, 0.05) is 16.5 Å². The molecule has 0 radical (unpaired) electrons. The minimum Gasteiger partial charge on any atom is -0.508 e. The number of hydrogen-bond acceptors (Lipinski definition) is 2. The molecule has 1 saturated carbocycles. The molecule has 0 aliphatic heterocycles. The molecule has 2 N–H and O–H groups in total. The van der Waals surface area contributed by atoms with Crippen molar-refractivity contribution in [2.75, 3.05) is 0 Å². The summed E-state index contributed by atoms with van der Waals surface area (Å²) in [5, 5.41) is 19.3. The minimum absolute atomic E-state index is 0.164. The van der Waals surface area contributed by atoms with Gasteiger partial charge in [0.15, 0.2) is 0 Å². The molecule has 0 amide bonds. The Balaban J connectivity index is 2.35. The lowest BCUT2D eigenvalue weighted by molar-refractivity contribution is -0.137. The van der Waals surface area contributed by atoms with E-state index in [1.807, 2.05) is 0 Å². The molecular formula is C11H10BrF3O2. The van der Waals surface area contributed by atoms with Crippen molar-refractivity contribution in [1.82, 2.24) is 0 Å². The lowest BCUT2D eigenvalue weighted by Gasteiger charge is -2.14. The van der Waals surface area contributed by atoms with Crippen molar-refractivity contribution >= 4 is 15.9 Å². The average molecular weight is 311 g/mol. The van der Waals surface area contributed by atoms with Crippen LogP contribution < -0.4 is 0 Å². The summed E-state index contributed by atoms with van der Waals surface area (Å²) < 4.78 is 37.5. The second kappa shape index (κ2) is 3.88. The second-order valence-corrected chi connectivity index (χ2v) is 5.21. The molecule has 1 aliphatic carbocycles. The fraction of sp³-hybridized carbons (Fsp3) is 0.455. The molecule has 0 saturated heterocycles. The molecule has 0 spiro atoms. The lowest BCUT2D eigenvalue weighted by Crippen LogP contribution is -2.12. The first kappa shape index (κ1) is 12.7. The molecule has 0 aromatic heterocycles. The van der Waals surface area contributed by atoms with Gasteiger partial charge in [-0.15, -0.1) is 0 Å². The molecule has 2 nitrogen and oxygen atoms in total. The zero-order valence-electron chi connectivity index (χ0n) is 8.68. The molecule has 94 valence electrons. The van der Waals surface area contributed by atoms with Gasteiger partial charge in [0.05, 0.1) is 11.2 Å². The third kappa shape index (κ3) is 2.74. The highest BCUT2D eigenvalue weighted by atomic mass is 79.9. The maximum Gasteiger partial charge on any atom is 0.416 e. The molecule has 0 bridgehead atoms. The average Bonchev–Trinajstić information content (AvgIpc) is 2.89. The Labute approximate surface area is 104 Å². The van der Waals surface area contributed by atoms with Crippen LogP contribution in [0.1, 0.15) is 24.0 Å². The van der Waals surface area contributed by atoms with E-state index in [9.17, 15) is 23.4 Å². The third-order valence-corrected chi connectivity index (χ3v) is 3.54. The number of alkyl halides is 3. The molecule has 1 aromatic rings. The third-order valence-electron chi connectivity index (χ3n) is 2.83. The van der Waals surface area contributed by atoms with Crippen LogP contribution in [-0.2, 0) is 12.6 Å². The Kier molecular flexibility index (Phi) is 2.90. The van der Waals surface area contributed by atoms with Crippen LogP contribution in [0.2, 0.25) is 0 Å². The van der Waals surface area contributed by atoms with Crippen LogP contribution >= 0.6 is 15.9 Å². The first-order valence-electron chi connectivity index (χ1n) is 5.02. The van der Waals surface area contributed by atoms with Gasteiger partial charge in [-0.2, -0.15) is 13.2 Å². The molecule has 0 atom stereocenters. The first-order chi connectivity index (χ1) is 7.71. The highest BCUT2D eigenvalue weighted by molar-refractivity contribution is 9.10. The van der Waals surface area contributed by atoms with Gasteiger partial charge in [-0.3, -0.25) is 0 Å². The van der Waals surface area contributed by atoms with Crippen molar-refractivity contribution in [2.24, 2.45) is 0 Å². The maximum atomic E-state index is 12.4. The largest absolute Gasteiger partial charge is 0.508 e. The van der Waals surface area contributed by atoms with Crippen molar-refractivity contribution in [3.63, 3.8) is 0 Å². The molecule has 17 heavy (non-hydrogen) atoms. The molecule has 0 unspecified atom stereocenters. The van der Waals surface area contributed by atoms with Crippen LogP contribution in [0.5, 0.6) is 5.75 Å². The van der Waals surface area contributed by atoms with E-state index < -0.39 is 23.1 Å². The predicted octanol–water partition coefficient (Wildman–Crippen LogP) is 3.24. The Morgan fingerprint density at radius 2 is 1.88 bits per heavy atom. The van der Waals surface area contributed by atoms with E-state index in [1.165, 1.54) is 0 Å². The Morgan fingerprint density at radius 1 is 1.29 bits per heavy atom. The van der Waals surface area contributed by atoms with Gasteiger partial charge in [-0.25, -0.2) is 0 Å². The summed E-state index contributed by atoms with van der Waals surface area (Å²) in [6, 6.07) is 1.60. The van der Waals surface area contributed by atoms with Crippen molar-refractivity contribution < 1.29 is 23.4 Å². The molecule has 1 aliphatic rings. The number of phenolic OH excluding ortho intramolecular Hbond substituents is 1. The normalized spacial score (nSPS) is 18.2. The number of aromatic hydroxyl groups is 1. The molecule has 2 rings (SSSR count). The molecule has 6 heteroatoms. The van der Waals surface area contributed by atoms with E-state index in [-0.39, 0.29) is 10.9 Å². The van der Waals surface area contributed by atoms with Gasteiger partial charge in [0.2, 0.25) is 0 Å². The highest BCUT2D eigenvalue weighted by Crippen LogP contribution is 2.43. The van der Waals surface area contributed by atoms with E-state index in [0.717, 1.165) is 6.07 Å². The highest BCUT2D eigenvalue weighted by Gasteiger charge is 2.41. The summed E-state index contributed by atoms with van der Waals surface area (Å²) in [5.74, 6) is -0.438. The van der Waals surface area contributed by atoms with Crippen LogP contribution in [0.25, 0.3) is 0 Å². The van der Waals surface area contributed by atoms with Gasteiger partial charge in [-0.1, -0.05) is 15.9 Å². The number of benzene rings is 1. The quantitative estimate of drug-likeness (QED) is 0.880. The summed E-state index contributed by atoms with van der Waals surface area (Å²) in [4.78, 5) is 0. The predicted molar refractivity (Wildman–Crippen MR) is 58.7 cm³/mol. The number of hydrogen-bond donors (Lipinski definition) is 2. The van der Waals surface area contributed by atoms with Gasteiger partial charge >= 0.3 is 6.18 Å². The number of rotatable bonds is 2. The first-order valence-corrected chi connectivity index (χ1v) is 5.82. The smallest absolute Gasteiger partial charge is 0.416 e. The Hall–Kier alpha value is -0.750. The van der Waals surface area contributed by atoms with Crippen LogP contribution in [-0.4, -0.2) is 15.8 Å². The van der Waals surface area contributed by atoms with E-state index in [1.54, 1.807) is 0 Å². The molecule has 0 heterocycles. The van der Waals surface area contributed by atoms with E-state index in [4.69, 9.17) is 0 Å². The number of aliphatic hydroxyl groups is 1. The summed E-state index contributed by atoms with van der Waals surface area (Å²) >= 11 is 3.00. The summed E-state index contributed by atoms with van der Waals surface area (Å²) in [5.41, 5.74) is -1.45. The summed E-state index contributed by atoms with van der Waals surface area (Å²) in [6.45, 7) is 0. The summed E-state index contributed by atoms with van der Waals surface area (Å²) in [7, 11) is 0. The summed E-state index contributed by atoms with van der Waals surface area (Å²) in [6.07, 6.45) is -3.10. The number of phenols is 1. The fourth-order valence-corrected chi connectivity index (χ4v) is 2.20.